The number of rotatable bonds is 8. The molecule has 0 spiro atoms. The molecule has 0 aromatic heterocycles. The summed E-state index contributed by atoms with van der Waals surface area (Å²) >= 11 is 0.833. The Morgan fingerprint density at radius 2 is 1.67 bits per heavy atom. The lowest BCUT2D eigenvalue weighted by Gasteiger charge is -2.28. The maximum atomic E-state index is 12.7. The van der Waals surface area contributed by atoms with E-state index in [-0.39, 0.29) is 17.4 Å². The number of thioether (sulfide) groups is 1. The third-order valence-corrected chi connectivity index (χ3v) is 5.96. The van der Waals surface area contributed by atoms with Crippen molar-refractivity contribution in [2.24, 2.45) is 0 Å². The molecule has 2 aliphatic heterocycles. The van der Waals surface area contributed by atoms with Gasteiger partial charge in [-0.2, -0.15) is 0 Å². The summed E-state index contributed by atoms with van der Waals surface area (Å²) in [4.78, 5) is 40.4. The fourth-order valence-electron chi connectivity index (χ4n) is 3.37. The van der Waals surface area contributed by atoms with Crippen LogP contribution in [0.4, 0.5) is 4.79 Å². The molecule has 2 aliphatic rings. The molecule has 33 heavy (non-hydrogen) atoms. The summed E-state index contributed by atoms with van der Waals surface area (Å²) < 4.78 is 16.6. The van der Waals surface area contributed by atoms with Gasteiger partial charge in [0.15, 0.2) is 0 Å². The molecule has 2 heterocycles. The van der Waals surface area contributed by atoms with Crippen LogP contribution in [0, 0.1) is 0 Å². The van der Waals surface area contributed by atoms with Gasteiger partial charge in [0, 0.05) is 13.1 Å². The Balaban J connectivity index is 1.33. The van der Waals surface area contributed by atoms with Crippen LogP contribution >= 0.6 is 11.8 Å². The molecule has 0 unspecified atom stereocenters. The van der Waals surface area contributed by atoms with Gasteiger partial charge in [-0.3, -0.25) is 19.3 Å². The van der Waals surface area contributed by atoms with E-state index < -0.39 is 11.1 Å². The van der Waals surface area contributed by atoms with Gasteiger partial charge in [0.05, 0.1) is 18.1 Å². The Bertz CT molecular complexity index is 1040. The summed E-state index contributed by atoms with van der Waals surface area (Å²) in [6, 6.07) is 16.7. The van der Waals surface area contributed by atoms with Gasteiger partial charge in [-0.1, -0.05) is 30.3 Å². The first-order valence-electron chi connectivity index (χ1n) is 10.6. The van der Waals surface area contributed by atoms with Crippen LogP contribution in [0.25, 0.3) is 6.08 Å². The molecule has 0 N–H and O–H groups in total. The van der Waals surface area contributed by atoms with Gasteiger partial charge in [-0.25, -0.2) is 0 Å². The van der Waals surface area contributed by atoms with E-state index in [0.717, 1.165) is 28.0 Å². The molecule has 0 aliphatic carbocycles. The number of para-hydroxylation sites is 1. The fraction of sp³-hybridized carbons (Fsp3) is 0.292. The number of benzene rings is 2. The lowest BCUT2D eigenvalue weighted by Crippen LogP contribution is -2.46. The Morgan fingerprint density at radius 3 is 2.42 bits per heavy atom. The predicted molar refractivity (Wildman–Crippen MR) is 124 cm³/mol. The number of hydrogen-bond donors (Lipinski definition) is 0. The molecular formula is C24H24N2O6S. The average Bonchev–Trinajstić information content (AvgIpc) is 3.10. The second kappa shape index (κ2) is 11.0. The summed E-state index contributed by atoms with van der Waals surface area (Å²) in [6.45, 7) is 2.35. The number of carbonyl (C=O) groups is 3. The van der Waals surface area contributed by atoms with Gasteiger partial charge in [0.25, 0.3) is 11.1 Å². The molecular weight excluding hydrogens is 444 g/mol. The quantitative estimate of drug-likeness (QED) is 0.435. The van der Waals surface area contributed by atoms with Gasteiger partial charge < -0.3 is 19.1 Å². The van der Waals surface area contributed by atoms with E-state index >= 15 is 0 Å². The zero-order chi connectivity index (χ0) is 23.0. The standard InChI is InChI=1S/C24H24N2O6S/c27-22(25-9-11-30-12-10-25)17-26-23(28)21(33-24(26)29)16-18-5-4-8-20(15-18)32-14-13-31-19-6-2-1-3-7-19/h1-8,15-16H,9-14,17H2/b21-16-. The van der Waals surface area contributed by atoms with Gasteiger partial charge in [-0.05, 0) is 47.7 Å². The van der Waals surface area contributed by atoms with Gasteiger partial charge in [-0.15, -0.1) is 0 Å². The Kier molecular flexibility index (Phi) is 7.64. The van der Waals surface area contributed by atoms with Crippen LogP contribution in [-0.2, 0) is 14.3 Å². The summed E-state index contributed by atoms with van der Waals surface area (Å²) in [5.74, 6) is 0.684. The minimum Gasteiger partial charge on any atom is -0.490 e. The summed E-state index contributed by atoms with van der Waals surface area (Å²) in [5.41, 5.74) is 0.724. The number of amides is 3. The fourth-order valence-corrected chi connectivity index (χ4v) is 4.20. The van der Waals surface area contributed by atoms with Crippen molar-refractivity contribution in [3.63, 3.8) is 0 Å². The highest BCUT2D eigenvalue weighted by atomic mass is 32.2. The van der Waals surface area contributed by atoms with Crippen LogP contribution in [0.1, 0.15) is 5.56 Å². The van der Waals surface area contributed by atoms with Crippen molar-refractivity contribution in [1.29, 1.82) is 0 Å². The van der Waals surface area contributed by atoms with Crippen molar-refractivity contribution in [3.8, 4) is 11.5 Å². The van der Waals surface area contributed by atoms with Crippen LogP contribution in [-0.4, -0.2) is 72.9 Å². The minimum absolute atomic E-state index is 0.255. The normalized spacial score (nSPS) is 17.5. The predicted octanol–water partition coefficient (Wildman–Crippen LogP) is 3.04. The Hall–Kier alpha value is -3.30. The van der Waals surface area contributed by atoms with Crippen molar-refractivity contribution in [2.75, 3.05) is 46.1 Å². The molecule has 8 nitrogen and oxygen atoms in total. The monoisotopic (exact) mass is 468 g/mol. The lowest BCUT2D eigenvalue weighted by molar-refractivity contribution is -0.139. The zero-order valence-electron chi connectivity index (χ0n) is 18.0. The number of morpholine rings is 1. The molecule has 3 amide bonds. The van der Waals surface area contributed by atoms with Crippen molar-refractivity contribution >= 4 is 34.9 Å². The smallest absolute Gasteiger partial charge is 0.294 e. The second-order valence-corrected chi connectivity index (χ2v) is 8.34. The molecule has 0 atom stereocenters. The maximum absolute atomic E-state index is 12.7. The van der Waals surface area contributed by atoms with E-state index in [4.69, 9.17) is 14.2 Å². The molecule has 2 saturated heterocycles. The number of carbonyl (C=O) groups excluding carboxylic acids is 3. The molecule has 4 rings (SSSR count). The maximum Gasteiger partial charge on any atom is 0.294 e. The van der Waals surface area contributed by atoms with Gasteiger partial charge in [0.2, 0.25) is 5.91 Å². The lowest BCUT2D eigenvalue weighted by atomic mass is 10.2. The number of nitrogens with zero attached hydrogens (tertiary/aromatic N) is 2. The van der Waals surface area contributed by atoms with Crippen LogP contribution in [0.15, 0.2) is 59.5 Å². The largest absolute Gasteiger partial charge is 0.490 e. The molecule has 0 bridgehead atoms. The highest BCUT2D eigenvalue weighted by molar-refractivity contribution is 8.18. The third-order valence-electron chi connectivity index (χ3n) is 5.05. The summed E-state index contributed by atoms with van der Waals surface area (Å²) in [6.07, 6.45) is 1.64. The van der Waals surface area contributed by atoms with Crippen LogP contribution in [0.5, 0.6) is 11.5 Å². The topological polar surface area (TPSA) is 85.4 Å². The SMILES string of the molecule is O=C(CN1C(=O)S/C(=C\c2cccc(OCCOc3ccccc3)c2)C1=O)N1CCOCC1. The van der Waals surface area contributed by atoms with Crippen molar-refractivity contribution < 1.29 is 28.6 Å². The number of ether oxygens (including phenoxy) is 3. The molecule has 0 radical (unpaired) electrons. The van der Waals surface area contributed by atoms with Crippen molar-refractivity contribution in [1.82, 2.24) is 9.80 Å². The second-order valence-electron chi connectivity index (χ2n) is 7.34. The zero-order valence-corrected chi connectivity index (χ0v) is 18.8. The number of hydrogen-bond acceptors (Lipinski definition) is 7. The first-order valence-corrected chi connectivity index (χ1v) is 11.4. The minimum atomic E-state index is -0.464. The Morgan fingerprint density at radius 1 is 0.970 bits per heavy atom. The molecule has 2 fully saturated rings. The van der Waals surface area contributed by atoms with E-state index in [1.54, 1.807) is 17.0 Å². The highest BCUT2D eigenvalue weighted by Gasteiger charge is 2.37. The first-order chi connectivity index (χ1) is 16.1. The molecule has 172 valence electrons. The summed E-state index contributed by atoms with van der Waals surface area (Å²) in [5, 5.41) is -0.446. The average molecular weight is 469 g/mol. The van der Waals surface area contributed by atoms with Crippen LogP contribution in [0.3, 0.4) is 0 Å². The van der Waals surface area contributed by atoms with Gasteiger partial charge >= 0.3 is 0 Å². The van der Waals surface area contributed by atoms with E-state index in [9.17, 15) is 14.4 Å². The number of imide groups is 1. The van der Waals surface area contributed by atoms with Crippen LogP contribution < -0.4 is 9.47 Å². The third kappa shape index (κ3) is 6.15. The van der Waals surface area contributed by atoms with E-state index in [0.29, 0.717) is 45.3 Å². The van der Waals surface area contributed by atoms with Crippen LogP contribution in [0.2, 0.25) is 0 Å². The van der Waals surface area contributed by atoms with Gasteiger partial charge in [0.1, 0.15) is 31.3 Å². The molecule has 9 heteroatoms. The summed E-state index contributed by atoms with van der Waals surface area (Å²) in [7, 11) is 0. The van der Waals surface area contributed by atoms with Crippen molar-refractivity contribution in [3.05, 3.63) is 65.1 Å². The van der Waals surface area contributed by atoms with E-state index in [1.165, 1.54) is 0 Å². The van der Waals surface area contributed by atoms with E-state index in [2.05, 4.69) is 0 Å². The molecule has 2 aromatic rings. The van der Waals surface area contributed by atoms with E-state index in [1.807, 2.05) is 48.5 Å². The Labute approximate surface area is 196 Å². The first kappa shape index (κ1) is 22.9. The molecule has 0 saturated carbocycles. The highest BCUT2D eigenvalue weighted by Crippen LogP contribution is 2.32. The van der Waals surface area contributed by atoms with Crippen molar-refractivity contribution in [2.45, 2.75) is 0 Å². The molecule has 2 aromatic carbocycles.